The number of carbonyl (C=O) groups excluding carboxylic acids is 1. The van der Waals surface area contributed by atoms with Crippen molar-refractivity contribution in [3.05, 3.63) is 30.1 Å². The molecule has 0 aliphatic heterocycles. The SMILES string of the molecule is CC(CCNC(=O)CCc1nc2ccccc2[nH]1)C(=O)O. The Hall–Kier alpha value is -2.37. The van der Waals surface area contributed by atoms with Gasteiger partial charge in [0.1, 0.15) is 5.82 Å². The summed E-state index contributed by atoms with van der Waals surface area (Å²) in [5, 5.41) is 11.5. The lowest BCUT2D eigenvalue weighted by Gasteiger charge is -2.07. The molecule has 0 saturated heterocycles. The first-order valence-electron chi connectivity index (χ1n) is 6.99. The summed E-state index contributed by atoms with van der Waals surface area (Å²) in [5.41, 5.74) is 1.85. The van der Waals surface area contributed by atoms with Gasteiger partial charge < -0.3 is 15.4 Å². The van der Waals surface area contributed by atoms with Gasteiger partial charge in [-0.2, -0.15) is 0 Å². The molecule has 0 fully saturated rings. The minimum Gasteiger partial charge on any atom is -0.481 e. The Balaban J connectivity index is 1.75. The third-order valence-electron chi connectivity index (χ3n) is 3.35. The van der Waals surface area contributed by atoms with Crippen LogP contribution in [0.25, 0.3) is 11.0 Å². The summed E-state index contributed by atoms with van der Waals surface area (Å²) >= 11 is 0. The Bertz CT molecular complexity index is 603. The van der Waals surface area contributed by atoms with Crippen LogP contribution < -0.4 is 5.32 Å². The first-order chi connectivity index (χ1) is 10.1. The van der Waals surface area contributed by atoms with Crippen LogP contribution in [-0.4, -0.2) is 33.5 Å². The zero-order valence-corrected chi connectivity index (χ0v) is 11.9. The van der Waals surface area contributed by atoms with E-state index >= 15 is 0 Å². The number of fused-ring (bicyclic) bond motifs is 1. The van der Waals surface area contributed by atoms with Crippen molar-refractivity contribution in [2.45, 2.75) is 26.2 Å². The number of rotatable bonds is 7. The van der Waals surface area contributed by atoms with Crippen LogP contribution in [0, 0.1) is 5.92 Å². The minimum atomic E-state index is -0.841. The summed E-state index contributed by atoms with van der Waals surface area (Å²) in [5.74, 6) is -0.592. The molecule has 3 N–H and O–H groups in total. The van der Waals surface area contributed by atoms with Crippen LogP contribution in [0.4, 0.5) is 0 Å². The van der Waals surface area contributed by atoms with Crippen LogP contribution in [0.5, 0.6) is 0 Å². The van der Waals surface area contributed by atoms with E-state index in [0.29, 0.717) is 25.8 Å². The Morgan fingerprint density at radius 1 is 1.38 bits per heavy atom. The number of H-pyrrole nitrogens is 1. The van der Waals surface area contributed by atoms with Gasteiger partial charge in [-0.1, -0.05) is 19.1 Å². The lowest BCUT2D eigenvalue weighted by molar-refractivity contribution is -0.141. The Morgan fingerprint density at radius 3 is 2.86 bits per heavy atom. The number of para-hydroxylation sites is 2. The fourth-order valence-corrected chi connectivity index (χ4v) is 2.00. The monoisotopic (exact) mass is 289 g/mol. The molecule has 0 saturated carbocycles. The van der Waals surface area contributed by atoms with Crippen molar-refractivity contribution in [2.75, 3.05) is 6.54 Å². The van der Waals surface area contributed by atoms with Gasteiger partial charge >= 0.3 is 5.97 Å². The number of hydrogen-bond donors (Lipinski definition) is 3. The van der Waals surface area contributed by atoms with Crippen LogP contribution in [0.2, 0.25) is 0 Å². The lowest BCUT2D eigenvalue weighted by atomic mass is 10.1. The van der Waals surface area contributed by atoms with Crippen molar-refractivity contribution >= 4 is 22.9 Å². The van der Waals surface area contributed by atoms with E-state index in [-0.39, 0.29) is 5.91 Å². The van der Waals surface area contributed by atoms with E-state index < -0.39 is 11.9 Å². The number of benzene rings is 1. The van der Waals surface area contributed by atoms with E-state index in [1.807, 2.05) is 24.3 Å². The third-order valence-corrected chi connectivity index (χ3v) is 3.35. The van der Waals surface area contributed by atoms with E-state index in [4.69, 9.17) is 5.11 Å². The zero-order chi connectivity index (χ0) is 15.2. The number of nitrogens with zero attached hydrogens (tertiary/aromatic N) is 1. The molecule has 6 nitrogen and oxygen atoms in total. The largest absolute Gasteiger partial charge is 0.481 e. The average molecular weight is 289 g/mol. The van der Waals surface area contributed by atoms with Gasteiger partial charge in [-0.3, -0.25) is 9.59 Å². The number of nitrogens with one attached hydrogen (secondary N) is 2. The second-order valence-corrected chi connectivity index (χ2v) is 5.08. The summed E-state index contributed by atoms with van der Waals surface area (Å²) in [6.45, 7) is 2.01. The van der Waals surface area contributed by atoms with Gasteiger partial charge in [-0.15, -0.1) is 0 Å². The van der Waals surface area contributed by atoms with Crippen molar-refractivity contribution in [3.63, 3.8) is 0 Å². The normalized spacial score (nSPS) is 12.2. The van der Waals surface area contributed by atoms with Crippen molar-refractivity contribution in [3.8, 4) is 0 Å². The Morgan fingerprint density at radius 2 is 2.14 bits per heavy atom. The van der Waals surface area contributed by atoms with Crippen LogP contribution in [0.15, 0.2) is 24.3 Å². The van der Waals surface area contributed by atoms with Crippen molar-refractivity contribution in [1.82, 2.24) is 15.3 Å². The van der Waals surface area contributed by atoms with E-state index in [1.165, 1.54) is 0 Å². The molecule has 0 radical (unpaired) electrons. The Labute approximate surface area is 122 Å². The van der Waals surface area contributed by atoms with Crippen LogP contribution >= 0.6 is 0 Å². The molecule has 0 aliphatic rings. The van der Waals surface area contributed by atoms with Gasteiger partial charge in [0, 0.05) is 19.4 Å². The fourth-order valence-electron chi connectivity index (χ4n) is 2.00. The summed E-state index contributed by atoms with van der Waals surface area (Å²) in [4.78, 5) is 29.9. The number of amides is 1. The van der Waals surface area contributed by atoms with E-state index in [9.17, 15) is 9.59 Å². The number of carboxylic acids is 1. The van der Waals surface area contributed by atoms with E-state index in [0.717, 1.165) is 16.9 Å². The van der Waals surface area contributed by atoms with Crippen LogP contribution in [0.3, 0.4) is 0 Å². The molecule has 1 heterocycles. The first-order valence-corrected chi connectivity index (χ1v) is 6.99. The summed E-state index contributed by atoms with van der Waals surface area (Å²) in [6.07, 6.45) is 1.31. The highest BCUT2D eigenvalue weighted by molar-refractivity contribution is 5.77. The molecule has 0 aliphatic carbocycles. The highest BCUT2D eigenvalue weighted by Gasteiger charge is 2.11. The summed E-state index contributed by atoms with van der Waals surface area (Å²) in [6, 6.07) is 7.71. The maximum Gasteiger partial charge on any atom is 0.306 e. The van der Waals surface area contributed by atoms with Gasteiger partial charge in [0.05, 0.1) is 17.0 Å². The number of aryl methyl sites for hydroxylation is 1. The molecule has 0 bridgehead atoms. The molecule has 112 valence electrons. The zero-order valence-electron chi connectivity index (χ0n) is 11.9. The molecule has 1 unspecified atom stereocenters. The van der Waals surface area contributed by atoms with Gasteiger partial charge in [0.2, 0.25) is 5.91 Å². The number of carbonyl (C=O) groups is 2. The topological polar surface area (TPSA) is 95.1 Å². The number of hydrogen-bond acceptors (Lipinski definition) is 3. The molecule has 2 rings (SSSR count). The Kier molecular flexibility index (Phi) is 4.92. The second kappa shape index (κ2) is 6.88. The highest BCUT2D eigenvalue weighted by Crippen LogP contribution is 2.11. The van der Waals surface area contributed by atoms with Gasteiger partial charge in [0.25, 0.3) is 0 Å². The number of carboxylic acid groups (broad SMARTS) is 1. The molecule has 1 aromatic heterocycles. The number of aliphatic carboxylic acids is 1. The molecule has 0 spiro atoms. The van der Waals surface area contributed by atoms with Gasteiger partial charge in [-0.25, -0.2) is 4.98 Å². The molecule has 6 heteroatoms. The van der Waals surface area contributed by atoms with Gasteiger partial charge in [0.15, 0.2) is 0 Å². The van der Waals surface area contributed by atoms with Gasteiger partial charge in [-0.05, 0) is 18.6 Å². The lowest BCUT2D eigenvalue weighted by Crippen LogP contribution is -2.27. The minimum absolute atomic E-state index is 0.0898. The van der Waals surface area contributed by atoms with Crippen LogP contribution in [-0.2, 0) is 16.0 Å². The van der Waals surface area contributed by atoms with Crippen molar-refractivity contribution in [2.24, 2.45) is 5.92 Å². The predicted molar refractivity (Wildman–Crippen MR) is 78.8 cm³/mol. The maximum absolute atomic E-state index is 11.7. The fraction of sp³-hybridized carbons (Fsp3) is 0.400. The number of imidazole rings is 1. The van der Waals surface area contributed by atoms with Crippen molar-refractivity contribution < 1.29 is 14.7 Å². The third kappa shape index (κ3) is 4.30. The molecule has 1 aromatic carbocycles. The second-order valence-electron chi connectivity index (χ2n) is 5.08. The molecule has 1 atom stereocenters. The maximum atomic E-state index is 11.7. The molecule has 21 heavy (non-hydrogen) atoms. The number of aromatic nitrogens is 2. The number of aromatic amines is 1. The molecule has 1 amide bonds. The predicted octanol–water partition coefficient (Wildman–Crippen LogP) is 1.72. The van der Waals surface area contributed by atoms with Crippen molar-refractivity contribution in [1.29, 1.82) is 0 Å². The molecular formula is C15H19N3O3. The van der Waals surface area contributed by atoms with Crippen LogP contribution in [0.1, 0.15) is 25.6 Å². The summed E-state index contributed by atoms with van der Waals surface area (Å²) < 4.78 is 0. The highest BCUT2D eigenvalue weighted by atomic mass is 16.4. The molecule has 2 aromatic rings. The first kappa shape index (κ1) is 15.0. The standard InChI is InChI=1S/C15H19N3O3/c1-10(15(20)21)8-9-16-14(19)7-6-13-17-11-4-2-3-5-12(11)18-13/h2-5,10H,6-9H2,1H3,(H,16,19)(H,17,18)(H,20,21). The smallest absolute Gasteiger partial charge is 0.306 e. The average Bonchev–Trinajstić information content (AvgIpc) is 2.87. The van der Waals surface area contributed by atoms with E-state index in [1.54, 1.807) is 6.92 Å². The van der Waals surface area contributed by atoms with E-state index in [2.05, 4.69) is 15.3 Å². The quantitative estimate of drug-likeness (QED) is 0.723. The summed E-state index contributed by atoms with van der Waals surface area (Å²) in [7, 11) is 0. The molecular weight excluding hydrogens is 270 g/mol.